The number of benzene rings is 1. The number of anilines is 1. The number of hydrogen-bond acceptors (Lipinski definition) is 4. The molecule has 86 valence electrons. The quantitative estimate of drug-likeness (QED) is 0.576. The van der Waals surface area contributed by atoms with Gasteiger partial charge in [-0.3, -0.25) is 4.79 Å². The first-order valence-electron chi connectivity index (χ1n) is 4.83. The molecule has 16 heavy (non-hydrogen) atoms. The van der Waals surface area contributed by atoms with E-state index in [0.717, 1.165) is 5.56 Å². The van der Waals surface area contributed by atoms with Crippen LogP contribution in [-0.4, -0.2) is 18.5 Å². The molecule has 0 fully saturated rings. The largest absolute Gasteiger partial charge is 0.461 e. The summed E-state index contributed by atoms with van der Waals surface area (Å²) < 4.78 is 4.85. The molecule has 0 aliphatic heterocycles. The number of aryl methyl sites for hydroxylation is 1. The lowest BCUT2D eigenvalue weighted by Crippen LogP contribution is -2.16. The number of esters is 1. The summed E-state index contributed by atoms with van der Waals surface area (Å²) in [7, 11) is 0. The van der Waals surface area contributed by atoms with Gasteiger partial charge in [-0.2, -0.15) is 0 Å². The molecule has 0 radical (unpaired) electrons. The lowest BCUT2D eigenvalue weighted by atomic mass is 10.1. The number of rotatable bonds is 4. The number of nitrogen functional groups attached to an aromatic ring is 1. The summed E-state index contributed by atoms with van der Waals surface area (Å²) in [4.78, 5) is 22.0. The lowest BCUT2D eigenvalue weighted by molar-refractivity contribution is -0.118. The van der Waals surface area contributed by atoms with Crippen LogP contribution in [0.1, 0.15) is 22.3 Å². The van der Waals surface area contributed by atoms with Crippen LogP contribution in [0.25, 0.3) is 0 Å². The van der Waals surface area contributed by atoms with Gasteiger partial charge in [-0.15, -0.1) is 0 Å². The zero-order valence-electron chi connectivity index (χ0n) is 9.03. The highest BCUT2D eigenvalue weighted by atomic mass is 16.5. The molecular weight excluding hydrogens is 208 g/mol. The third-order valence-electron chi connectivity index (χ3n) is 2.13. The molecule has 0 aromatic heterocycles. The van der Waals surface area contributed by atoms with Crippen LogP contribution in [0.3, 0.4) is 0 Å². The summed E-state index contributed by atoms with van der Waals surface area (Å²) >= 11 is 0. The fourth-order valence-electron chi connectivity index (χ4n) is 1.18. The van der Waals surface area contributed by atoms with Gasteiger partial charge in [0.25, 0.3) is 0 Å². The fourth-order valence-corrected chi connectivity index (χ4v) is 1.18. The van der Waals surface area contributed by atoms with Crippen LogP contribution in [0, 0.1) is 6.92 Å². The number of amides is 1. The standard InChI is InChI=1S/C11H14N2O3/c1-7-3-2-4-8(10(7)13)11(15)16-6-5-9(12)14/h2-4H,5-6,13H2,1H3,(H2,12,14). The zero-order chi connectivity index (χ0) is 12.1. The Morgan fingerprint density at radius 3 is 2.69 bits per heavy atom. The monoisotopic (exact) mass is 222 g/mol. The maximum absolute atomic E-state index is 11.5. The minimum atomic E-state index is -0.539. The molecule has 0 heterocycles. The Kier molecular flexibility index (Phi) is 3.88. The predicted molar refractivity (Wildman–Crippen MR) is 59.7 cm³/mol. The molecule has 0 aliphatic carbocycles. The van der Waals surface area contributed by atoms with E-state index < -0.39 is 11.9 Å². The molecule has 0 aliphatic rings. The zero-order valence-corrected chi connectivity index (χ0v) is 9.03. The van der Waals surface area contributed by atoms with Crippen LogP contribution < -0.4 is 11.5 Å². The number of carbonyl (C=O) groups is 2. The number of hydrogen-bond donors (Lipinski definition) is 2. The molecule has 5 nitrogen and oxygen atoms in total. The van der Waals surface area contributed by atoms with E-state index in [-0.39, 0.29) is 13.0 Å². The van der Waals surface area contributed by atoms with E-state index in [4.69, 9.17) is 16.2 Å². The molecule has 5 heteroatoms. The summed E-state index contributed by atoms with van der Waals surface area (Å²) in [5.41, 5.74) is 12.2. The molecule has 0 spiro atoms. The van der Waals surface area contributed by atoms with Crippen molar-refractivity contribution in [2.24, 2.45) is 5.73 Å². The fraction of sp³-hybridized carbons (Fsp3) is 0.273. The molecule has 1 aromatic carbocycles. The van der Waals surface area contributed by atoms with Crippen LogP contribution in [-0.2, 0) is 9.53 Å². The van der Waals surface area contributed by atoms with Gasteiger partial charge in [0, 0.05) is 5.69 Å². The van der Waals surface area contributed by atoms with E-state index in [1.807, 2.05) is 0 Å². The van der Waals surface area contributed by atoms with Gasteiger partial charge in [-0.25, -0.2) is 4.79 Å². The molecule has 0 unspecified atom stereocenters. The van der Waals surface area contributed by atoms with E-state index in [1.54, 1.807) is 25.1 Å². The van der Waals surface area contributed by atoms with E-state index in [1.165, 1.54) is 0 Å². The Labute approximate surface area is 93.4 Å². The highest BCUT2D eigenvalue weighted by Gasteiger charge is 2.12. The van der Waals surface area contributed by atoms with Gasteiger partial charge in [0.15, 0.2) is 0 Å². The van der Waals surface area contributed by atoms with Crippen LogP contribution in [0.5, 0.6) is 0 Å². The Morgan fingerprint density at radius 1 is 1.38 bits per heavy atom. The first kappa shape index (κ1) is 12.0. The minimum Gasteiger partial charge on any atom is -0.461 e. The van der Waals surface area contributed by atoms with Crippen LogP contribution >= 0.6 is 0 Å². The van der Waals surface area contributed by atoms with Crippen molar-refractivity contribution < 1.29 is 14.3 Å². The van der Waals surface area contributed by atoms with Crippen molar-refractivity contribution in [1.82, 2.24) is 0 Å². The van der Waals surface area contributed by atoms with Gasteiger partial charge >= 0.3 is 5.97 Å². The maximum atomic E-state index is 11.5. The number of primary amides is 1. The van der Waals surface area contributed by atoms with Crippen molar-refractivity contribution in [3.05, 3.63) is 29.3 Å². The van der Waals surface area contributed by atoms with Crippen LogP contribution in [0.2, 0.25) is 0 Å². The predicted octanol–water partition coefficient (Wildman–Crippen LogP) is 0.609. The highest BCUT2D eigenvalue weighted by molar-refractivity contribution is 5.95. The Bertz CT molecular complexity index is 416. The SMILES string of the molecule is Cc1cccc(C(=O)OCCC(N)=O)c1N. The van der Waals surface area contributed by atoms with E-state index in [2.05, 4.69) is 0 Å². The summed E-state index contributed by atoms with van der Waals surface area (Å²) in [6, 6.07) is 5.10. The molecule has 0 saturated heterocycles. The van der Waals surface area contributed by atoms with Crippen molar-refractivity contribution in [2.75, 3.05) is 12.3 Å². The number of carbonyl (C=O) groups excluding carboxylic acids is 2. The molecule has 0 saturated carbocycles. The van der Waals surface area contributed by atoms with Gasteiger partial charge in [0.05, 0.1) is 12.0 Å². The van der Waals surface area contributed by atoms with Crippen LogP contribution in [0.15, 0.2) is 18.2 Å². The molecular formula is C11H14N2O3. The first-order valence-corrected chi connectivity index (χ1v) is 4.83. The van der Waals surface area contributed by atoms with E-state index >= 15 is 0 Å². The second kappa shape index (κ2) is 5.16. The number of nitrogens with two attached hydrogens (primary N) is 2. The highest BCUT2D eigenvalue weighted by Crippen LogP contribution is 2.17. The normalized spacial score (nSPS) is 9.81. The van der Waals surface area contributed by atoms with Gasteiger partial charge in [-0.05, 0) is 18.6 Å². The maximum Gasteiger partial charge on any atom is 0.340 e. The summed E-state index contributed by atoms with van der Waals surface area (Å²) in [5, 5.41) is 0. The van der Waals surface area contributed by atoms with Gasteiger partial charge in [-0.1, -0.05) is 12.1 Å². The van der Waals surface area contributed by atoms with Crippen molar-refractivity contribution in [1.29, 1.82) is 0 Å². The van der Waals surface area contributed by atoms with Crippen molar-refractivity contribution in [2.45, 2.75) is 13.3 Å². The molecule has 1 rings (SSSR count). The average molecular weight is 222 g/mol. The van der Waals surface area contributed by atoms with Gasteiger partial charge < -0.3 is 16.2 Å². The van der Waals surface area contributed by atoms with Crippen molar-refractivity contribution in [3.63, 3.8) is 0 Å². The number of ether oxygens (including phenoxy) is 1. The Morgan fingerprint density at radius 2 is 2.06 bits per heavy atom. The second-order valence-corrected chi connectivity index (χ2v) is 3.39. The molecule has 1 amide bonds. The summed E-state index contributed by atoms with van der Waals surface area (Å²) in [5.74, 6) is -1.05. The third kappa shape index (κ3) is 2.98. The Balaban J connectivity index is 2.66. The topological polar surface area (TPSA) is 95.4 Å². The average Bonchev–Trinajstić information content (AvgIpc) is 2.21. The minimum absolute atomic E-state index is 0.0114. The van der Waals surface area contributed by atoms with E-state index in [0.29, 0.717) is 11.3 Å². The third-order valence-corrected chi connectivity index (χ3v) is 2.13. The number of para-hydroxylation sites is 1. The molecule has 4 N–H and O–H groups in total. The van der Waals surface area contributed by atoms with Gasteiger partial charge in [0.1, 0.15) is 6.61 Å². The van der Waals surface area contributed by atoms with E-state index in [9.17, 15) is 9.59 Å². The van der Waals surface area contributed by atoms with Crippen LogP contribution in [0.4, 0.5) is 5.69 Å². The smallest absolute Gasteiger partial charge is 0.340 e. The molecule has 1 aromatic rings. The van der Waals surface area contributed by atoms with Crippen molar-refractivity contribution >= 4 is 17.6 Å². The van der Waals surface area contributed by atoms with Crippen molar-refractivity contribution in [3.8, 4) is 0 Å². The lowest BCUT2D eigenvalue weighted by Gasteiger charge is -2.07. The Hall–Kier alpha value is -2.04. The summed E-state index contributed by atoms with van der Waals surface area (Å²) in [6.45, 7) is 1.77. The summed E-state index contributed by atoms with van der Waals surface area (Å²) in [6.07, 6.45) is 0.0114. The first-order chi connectivity index (χ1) is 7.52. The second-order valence-electron chi connectivity index (χ2n) is 3.39. The van der Waals surface area contributed by atoms with Gasteiger partial charge in [0.2, 0.25) is 5.91 Å². The molecule has 0 atom stereocenters. The molecule has 0 bridgehead atoms.